The maximum Gasteiger partial charge on any atom is 0.251 e. The summed E-state index contributed by atoms with van der Waals surface area (Å²) in [5.74, 6) is -0.802. The van der Waals surface area contributed by atoms with Gasteiger partial charge in [-0.15, -0.1) is 11.3 Å². The number of nitrogens with two attached hydrogens (primary N) is 1. The SMILES string of the molecule is CC1CCc2c(sc(NC(=O)CCS(=O)(=O)Cc3ccccc3)c2C(N)=O)C1. The Morgan fingerprint density at radius 2 is 1.96 bits per heavy atom. The number of carbonyl (C=O) groups is 2. The van der Waals surface area contributed by atoms with Crippen LogP contribution in [0.15, 0.2) is 30.3 Å². The molecule has 1 aliphatic rings. The molecule has 1 atom stereocenters. The molecule has 2 amide bonds. The summed E-state index contributed by atoms with van der Waals surface area (Å²) in [6, 6.07) is 8.87. The lowest BCUT2D eigenvalue weighted by Gasteiger charge is -2.18. The van der Waals surface area contributed by atoms with E-state index in [1.54, 1.807) is 24.3 Å². The van der Waals surface area contributed by atoms with Gasteiger partial charge in [0, 0.05) is 11.3 Å². The largest absolute Gasteiger partial charge is 0.365 e. The standard InChI is InChI=1S/C20H24N2O4S2/c1-13-7-8-15-16(11-13)27-20(18(15)19(21)24)22-17(23)9-10-28(25,26)12-14-5-3-2-4-6-14/h2-6,13H,7-12H2,1H3,(H2,21,24)(H,22,23). The van der Waals surface area contributed by atoms with Crippen molar-refractivity contribution in [1.82, 2.24) is 0 Å². The van der Waals surface area contributed by atoms with Crippen LogP contribution in [0.5, 0.6) is 0 Å². The Labute approximate surface area is 169 Å². The zero-order valence-corrected chi connectivity index (χ0v) is 17.4. The highest BCUT2D eigenvalue weighted by atomic mass is 32.2. The molecule has 1 heterocycles. The number of hydrogen-bond donors (Lipinski definition) is 2. The summed E-state index contributed by atoms with van der Waals surface area (Å²) in [4.78, 5) is 25.3. The van der Waals surface area contributed by atoms with E-state index in [0.29, 0.717) is 22.0 Å². The molecule has 2 aromatic rings. The lowest BCUT2D eigenvalue weighted by molar-refractivity contribution is -0.115. The van der Waals surface area contributed by atoms with E-state index < -0.39 is 21.7 Å². The molecule has 0 spiro atoms. The van der Waals surface area contributed by atoms with Gasteiger partial charge >= 0.3 is 0 Å². The number of anilines is 1. The molecule has 150 valence electrons. The molecular weight excluding hydrogens is 396 g/mol. The van der Waals surface area contributed by atoms with Crippen LogP contribution in [0.3, 0.4) is 0 Å². The molecule has 0 radical (unpaired) electrons. The van der Waals surface area contributed by atoms with Crippen molar-refractivity contribution in [3.63, 3.8) is 0 Å². The van der Waals surface area contributed by atoms with Crippen LogP contribution in [0, 0.1) is 5.92 Å². The van der Waals surface area contributed by atoms with Crippen LogP contribution in [0.2, 0.25) is 0 Å². The Hall–Kier alpha value is -2.19. The van der Waals surface area contributed by atoms with Crippen molar-refractivity contribution in [3.05, 3.63) is 51.9 Å². The summed E-state index contributed by atoms with van der Waals surface area (Å²) >= 11 is 1.38. The summed E-state index contributed by atoms with van der Waals surface area (Å²) in [5.41, 5.74) is 7.55. The first kappa shape index (κ1) is 20.5. The van der Waals surface area contributed by atoms with Gasteiger partial charge in [0.1, 0.15) is 5.00 Å². The number of nitrogens with one attached hydrogen (secondary N) is 1. The number of fused-ring (bicyclic) bond motifs is 1. The maximum atomic E-state index is 12.3. The van der Waals surface area contributed by atoms with Gasteiger partial charge in [0.15, 0.2) is 9.84 Å². The summed E-state index contributed by atoms with van der Waals surface area (Å²) in [6.07, 6.45) is 2.45. The summed E-state index contributed by atoms with van der Waals surface area (Å²) < 4.78 is 24.6. The minimum absolute atomic E-state index is 0.0984. The van der Waals surface area contributed by atoms with E-state index in [-0.39, 0.29) is 17.9 Å². The number of hydrogen-bond acceptors (Lipinski definition) is 5. The Bertz CT molecular complexity index is 981. The molecule has 1 unspecified atom stereocenters. The number of thiophene rings is 1. The van der Waals surface area contributed by atoms with Crippen LogP contribution in [0.25, 0.3) is 0 Å². The Balaban J connectivity index is 1.66. The van der Waals surface area contributed by atoms with Crippen LogP contribution in [0.1, 0.15) is 46.1 Å². The quantitative estimate of drug-likeness (QED) is 0.718. The van der Waals surface area contributed by atoms with Crippen LogP contribution >= 0.6 is 11.3 Å². The van der Waals surface area contributed by atoms with Crippen molar-refractivity contribution in [2.75, 3.05) is 11.1 Å². The van der Waals surface area contributed by atoms with Crippen molar-refractivity contribution >= 4 is 38.0 Å². The second kappa shape index (κ2) is 8.45. The molecular formula is C20H24N2O4S2. The number of rotatable bonds is 7. The van der Waals surface area contributed by atoms with Crippen LogP contribution < -0.4 is 11.1 Å². The summed E-state index contributed by atoms with van der Waals surface area (Å²) in [6.45, 7) is 2.16. The highest BCUT2D eigenvalue weighted by Crippen LogP contribution is 2.39. The monoisotopic (exact) mass is 420 g/mol. The van der Waals surface area contributed by atoms with Crippen molar-refractivity contribution in [3.8, 4) is 0 Å². The first-order chi connectivity index (χ1) is 13.2. The van der Waals surface area contributed by atoms with E-state index in [4.69, 9.17) is 5.73 Å². The number of carbonyl (C=O) groups excluding carboxylic acids is 2. The zero-order valence-electron chi connectivity index (χ0n) is 15.7. The molecule has 3 rings (SSSR count). The molecule has 28 heavy (non-hydrogen) atoms. The summed E-state index contributed by atoms with van der Waals surface area (Å²) in [7, 11) is -3.41. The predicted octanol–water partition coefficient (Wildman–Crippen LogP) is 2.92. The van der Waals surface area contributed by atoms with E-state index in [1.165, 1.54) is 11.3 Å². The third-order valence-electron chi connectivity index (χ3n) is 4.88. The van der Waals surface area contributed by atoms with Gasteiger partial charge in [-0.05, 0) is 36.3 Å². The molecule has 3 N–H and O–H groups in total. The first-order valence-electron chi connectivity index (χ1n) is 9.23. The molecule has 6 nitrogen and oxygen atoms in total. The zero-order chi connectivity index (χ0) is 20.3. The number of primary amides is 1. The Kier molecular flexibility index (Phi) is 6.20. The molecule has 0 saturated carbocycles. The molecule has 0 saturated heterocycles. The van der Waals surface area contributed by atoms with E-state index in [1.807, 2.05) is 6.07 Å². The molecule has 1 aromatic heterocycles. The molecule has 0 bridgehead atoms. The van der Waals surface area contributed by atoms with Crippen LogP contribution in [-0.2, 0) is 33.2 Å². The van der Waals surface area contributed by atoms with Gasteiger partial charge in [0.05, 0.1) is 17.1 Å². The Morgan fingerprint density at radius 3 is 2.64 bits per heavy atom. The normalized spacial score (nSPS) is 16.4. The fourth-order valence-electron chi connectivity index (χ4n) is 3.44. The lowest BCUT2D eigenvalue weighted by atomic mass is 9.88. The van der Waals surface area contributed by atoms with Gasteiger partial charge in [0.2, 0.25) is 5.91 Å². The lowest BCUT2D eigenvalue weighted by Crippen LogP contribution is -2.21. The molecule has 8 heteroatoms. The van der Waals surface area contributed by atoms with Gasteiger partial charge in [-0.1, -0.05) is 37.3 Å². The third kappa shape index (κ3) is 4.99. The van der Waals surface area contributed by atoms with E-state index in [0.717, 1.165) is 29.7 Å². The van der Waals surface area contributed by atoms with Crippen molar-refractivity contribution in [1.29, 1.82) is 0 Å². The molecule has 0 fully saturated rings. The van der Waals surface area contributed by atoms with Gasteiger partial charge < -0.3 is 11.1 Å². The van der Waals surface area contributed by atoms with E-state index in [2.05, 4.69) is 12.2 Å². The predicted molar refractivity (Wildman–Crippen MR) is 111 cm³/mol. The van der Waals surface area contributed by atoms with Gasteiger partial charge in [-0.2, -0.15) is 0 Å². The van der Waals surface area contributed by atoms with Crippen LogP contribution in [0.4, 0.5) is 5.00 Å². The Morgan fingerprint density at radius 1 is 1.25 bits per heavy atom. The molecule has 1 aromatic carbocycles. The van der Waals surface area contributed by atoms with E-state index >= 15 is 0 Å². The minimum atomic E-state index is -3.41. The van der Waals surface area contributed by atoms with Crippen LogP contribution in [-0.4, -0.2) is 26.0 Å². The fourth-order valence-corrected chi connectivity index (χ4v) is 6.21. The highest BCUT2D eigenvalue weighted by Gasteiger charge is 2.27. The van der Waals surface area contributed by atoms with Gasteiger partial charge in [-0.3, -0.25) is 9.59 Å². The maximum absolute atomic E-state index is 12.3. The first-order valence-corrected chi connectivity index (χ1v) is 11.9. The molecule has 0 aliphatic heterocycles. The fraction of sp³-hybridized carbons (Fsp3) is 0.400. The second-order valence-corrected chi connectivity index (χ2v) is 10.6. The van der Waals surface area contributed by atoms with Crippen molar-refractivity contribution in [2.24, 2.45) is 11.7 Å². The van der Waals surface area contributed by atoms with Crippen molar-refractivity contribution < 1.29 is 18.0 Å². The number of amides is 2. The average Bonchev–Trinajstić information content (AvgIpc) is 2.97. The summed E-state index contributed by atoms with van der Waals surface area (Å²) in [5, 5.41) is 3.16. The topological polar surface area (TPSA) is 106 Å². The minimum Gasteiger partial charge on any atom is -0.365 e. The highest BCUT2D eigenvalue weighted by molar-refractivity contribution is 7.90. The third-order valence-corrected chi connectivity index (χ3v) is 7.65. The van der Waals surface area contributed by atoms with Crippen molar-refractivity contribution in [2.45, 2.75) is 38.4 Å². The van der Waals surface area contributed by atoms with E-state index in [9.17, 15) is 18.0 Å². The second-order valence-electron chi connectivity index (χ2n) is 7.30. The number of benzene rings is 1. The smallest absolute Gasteiger partial charge is 0.251 e. The van der Waals surface area contributed by atoms with Gasteiger partial charge in [-0.25, -0.2) is 8.42 Å². The van der Waals surface area contributed by atoms with Gasteiger partial charge in [0.25, 0.3) is 5.91 Å². The number of sulfone groups is 1. The molecule has 1 aliphatic carbocycles. The average molecular weight is 421 g/mol.